The third kappa shape index (κ3) is 4.84. The molecule has 1 aliphatic heterocycles. The van der Waals surface area contributed by atoms with Gasteiger partial charge in [-0.05, 0) is 66.3 Å². The molecule has 35 heavy (non-hydrogen) atoms. The smallest absolute Gasteiger partial charge is 0.222 e. The summed E-state index contributed by atoms with van der Waals surface area (Å²) in [5.74, 6) is 0.142. The van der Waals surface area contributed by atoms with Crippen LogP contribution in [0.5, 0.6) is 0 Å². The lowest BCUT2D eigenvalue weighted by atomic mass is 9.73. The summed E-state index contributed by atoms with van der Waals surface area (Å²) in [5, 5.41) is 12.6. The SMILES string of the molecule is O=C(CCc1c(-c2ccc(Cl)cc2)[nH]c2ccc(Cl)cc12)N1CCC(CO)(c2ccccc2)CC1. The summed E-state index contributed by atoms with van der Waals surface area (Å²) in [5.41, 5.74) is 4.98. The number of benzene rings is 3. The van der Waals surface area contributed by atoms with Crippen molar-refractivity contribution in [2.45, 2.75) is 31.1 Å². The normalized spacial score (nSPS) is 15.5. The van der Waals surface area contributed by atoms with Crippen LogP contribution in [0.2, 0.25) is 10.0 Å². The number of hydrogen-bond donors (Lipinski definition) is 2. The number of nitrogens with one attached hydrogen (secondary N) is 1. The Bertz CT molecular complexity index is 1320. The summed E-state index contributed by atoms with van der Waals surface area (Å²) in [6.45, 7) is 1.40. The molecule has 0 aliphatic carbocycles. The largest absolute Gasteiger partial charge is 0.395 e. The highest BCUT2D eigenvalue weighted by molar-refractivity contribution is 6.31. The van der Waals surface area contributed by atoms with Crippen molar-refractivity contribution in [1.82, 2.24) is 9.88 Å². The molecule has 1 aliphatic rings. The molecule has 0 saturated carbocycles. The molecular weight excluding hydrogens is 479 g/mol. The highest BCUT2D eigenvalue weighted by Crippen LogP contribution is 2.36. The van der Waals surface area contributed by atoms with Crippen molar-refractivity contribution in [3.63, 3.8) is 0 Å². The van der Waals surface area contributed by atoms with Gasteiger partial charge in [-0.25, -0.2) is 0 Å². The maximum atomic E-state index is 13.2. The van der Waals surface area contributed by atoms with Gasteiger partial charge in [0.25, 0.3) is 0 Å². The van der Waals surface area contributed by atoms with Gasteiger partial charge >= 0.3 is 0 Å². The Balaban J connectivity index is 1.33. The lowest BCUT2D eigenvalue weighted by molar-refractivity contribution is -0.133. The average Bonchev–Trinajstić information content (AvgIpc) is 3.25. The predicted molar refractivity (Wildman–Crippen MR) is 143 cm³/mol. The van der Waals surface area contributed by atoms with Gasteiger partial charge in [0, 0.05) is 51.6 Å². The number of fused-ring (bicyclic) bond motifs is 1. The van der Waals surface area contributed by atoms with Crippen molar-refractivity contribution in [2.75, 3.05) is 19.7 Å². The third-order valence-electron chi connectivity index (χ3n) is 7.35. The van der Waals surface area contributed by atoms with E-state index in [-0.39, 0.29) is 17.9 Å². The second kappa shape index (κ2) is 10.1. The third-order valence-corrected chi connectivity index (χ3v) is 7.84. The Kier molecular flexibility index (Phi) is 6.88. The van der Waals surface area contributed by atoms with Crippen molar-refractivity contribution in [3.05, 3.63) is 94.0 Å². The number of halogens is 2. The maximum Gasteiger partial charge on any atom is 0.222 e. The number of aliphatic hydroxyl groups is 1. The van der Waals surface area contributed by atoms with E-state index in [0.717, 1.165) is 46.1 Å². The van der Waals surface area contributed by atoms with Gasteiger partial charge in [-0.3, -0.25) is 4.79 Å². The second-order valence-corrected chi connectivity index (χ2v) is 10.2. The number of H-pyrrole nitrogens is 1. The molecule has 5 rings (SSSR count). The standard InChI is InChI=1S/C29H28Cl2N2O2/c30-22-8-6-20(7-9-22)28-24(25-18-23(31)10-12-26(25)32-28)11-13-27(35)33-16-14-29(19-34,15-17-33)21-4-2-1-3-5-21/h1-10,12,18,32,34H,11,13-17,19H2. The number of aromatic amines is 1. The van der Waals surface area contributed by atoms with E-state index in [2.05, 4.69) is 17.1 Å². The summed E-state index contributed by atoms with van der Waals surface area (Å²) in [4.78, 5) is 18.7. The molecule has 2 N–H and O–H groups in total. The van der Waals surface area contributed by atoms with Crippen LogP contribution in [0.15, 0.2) is 72.8 Å². The summed E-state index contributed by atoms with van der Waals surface area (Å²) in [6.07, 6.45) is 2.55. The molecule has 0 spiro atoms. The molecule has 0 radical (unpaired) electrons. The number of amides is 1. The zero-order valence-corrected chi connectivity index (χ0v) is 20.9. The summed E-state index contributed by atoms with van der Waals surface area (Å²) >= 11 is 12.4. The average molecular weight is 507 g/mol. The Morgan fingerprint density at radius 2 is 1.63 bits per heavy atom. The fourth-order valence-electron chi connectivity index (χ4n) is 5.25. The number of aryl methyl sites for hydroxylation is 1. The summed E-state index contributed by atoms with van der Waals surface area (Å²) in [6, 6.07) is 23.7. The van der Waals surface area contributed by atoms with E-state index in [1.54, 1.807) is 0 Å². The Morgan fingerprint density at radius 1 is 0.943 bits per heavy atom. The zero-order valence-electron chi connectivity index (χ0n) is 19.4. The molecule has 180 valence electrons. The molecule has 0 atom stereocenters. The van der Waals surface area contributed by atoms with Crippen LogP contribution in [0.4, 0.5) is 0 Å². The van der Waals surface area contributed by atoms with Crippen molar-refractivity contribution in [2.24, 2.45) is 0 Å². The number of rotatable bonds is 6. The van der Waals surface area contributed by atoms with Crippen molar-refractivity contribution < 1.29 is 9.90 Å². The first-order valence-corrected chi connectivity index (χ1v) is 12.7. The molecule has 3 aromatic carbocycles. The van der Waals surface area contributed by atoms with Crippen LogP contribution >= 0.6 is 23.2 Å². The highest BCUT2D eigenvalue weighted by Gasteiger charge is 2.36. The fourth-order valence-corrected chi connectivity index (χ4v) is 5.54. The number of likely N-dealkylation sites (tertiary alicyclic amines) is 1. The van der Waals surface area contributed by atoms with E-state index < -0.39 is 0 Å². The molecule has 4 aromatic rings. The molecule has 6 heteroatoms. The second-order valence-electron chi connectivity index (χ2n) is 9.36. The molecule has 2 heterocycles. The molecular formula is C29H28Cl2N2O2. The molecule has 1 aromatic heterocycles. The Morgan fingerprint density at radius 3 is 2.31 bits per heavy atom. The number of carbonyl (C=O) groups is 1. The minimum Gasteiger partial charge on any atom is -0.395 e. The van der Waals surface area contributed by atoms with Gasteiger partial charge in [0.05, 0.1) is 6.61 Å². The van der Waals surface area contributed by atoms with E-state index in [1.165, 1.54) is 0 Å². The molecule has 4 nitrogen and oxygen atoms in total. The lowest BCUT2D eigenvalue weighted by Crippen LogP contribution is -2.47. The number of piperidine rings is 1. The lowest BCUT2D eigenvalue weighted by Gasteiger charge is -2.41. The van der Waals surface area contributed by atoms with Crippen LogP contribution in [0.1, 0.15) is 30.4 Å². The van der Waals surface area contributed by atoms with Gasteiger partial charge in [-0.15, -0.1) is 0 Å². The van der Waals surface area contributed by atoms with E-state index in [1.807, 2.05) is 65.6 Å². The van der Waals surface area contributed by atoms with Gasteiger partial charge in [-0.2, -0.15) is 0 Å². The van der Waals surface area contributed by atoms with E-state index in [0.29, 0.717) is 36.0 Å². The highest BCUT2D eigenvalue weighted by atomic mass is 35.5. The van der Waals surface area contributed by atoms with Crippen LogP contribution in [-0.4, -0.2) is 40.6 Å². The predicted octanol–water partition coefficient (Wildman–Crippen LogP) is 6.63. The van der Waals surface area contributed by atoms with E-state index >= 15 is 0 Å². The van der Waals surface area contributed by atoms with Crippen LogP contribution in [0.25, 0.3) is 22.2 Å². The van der Waals surface area contributed by atoms with Crippen LogP contribution < -0.4 is 0 Å². The Labute approximate surface area is 215 Å². The number of nitrogens with zero attached hydrogens (tertiary/aromatic N) is 1. The summed E-state index contributed by atoms with van der Waals surface area (Å²) < 4.78 is 0. The minimum atomic E-state index is -0.270. The molecule has 1 amide bonds. The first kappa shape index (κ1) is 23.9. The van der Waals surface area contributed by atoms with Gasteiger partial charge in [-0.1, -0.05) is 65.7 Å². The van der Waals surface area contributed by atoms with E-state index in [9.17, 15) is 9.90 Å². The van der Waals surface area contributed by atoms with Crippen molar-refractivity contribution in [3.8, 4) is 11.3 Å². The quantitative estimate of drug-likeness (QED) is 0.308. The maximum absolute atomic E-state index is 13.2. The van der Waals surface area contributed by atoms with Gasteiger partial charge < -0.3 is 15.0 Å². The zero-order chi connectivity index (χ0) is 24.4. The fraction of sp³-hybridized carbons (Fsp3) is 0.276. The molecule has 0 bridgehead atoms. The number of hydrogen-bond acceptors (Lipinski definition) is 2. The first-order valence-electron chi connectivity index (χ1n) is 12.0. The number of carbonyl (C=O) groups excluding carboxylic acids is 1. The number of aliphatic hydroxyl groups excluding tert-OH is 1. The van der Waals surface area contributed by atoms with Gasteiger partial charge in [0.1, 0.15) is 0 Å². The summed E-state index contributed by atoms with van der Waals surface area (Å²) in [7, 11) is 0. The van der Waals surface area contributed by atoms with Crippen LogP contribution in [0.3, 0.4) is 0 Å². The molecule has 0 unspecified atom stereocenters. The molecule has 1 fully saturated rings. The van der Waals surface area contributed by atoms with Crippen LogP contribution in [0, 0.1) is 0 Å². The number of aromatic nitrogens is 1. The van der Waals surface area contributed by atoms with E-state index in [4.69, 9.17) is 23.2 Å². The minimum absolute atomic E-state index is 0.0968. The topological polar surface area (TPSA) is 56.3 Å². The van der Waals surface area contributed by atoms with Gasteiger partial charge in [0.2, 0.25) is 5.91 Å². The van der Waals surface area contributed by atoms with Crippen molar-refractivity contribution >= 4 is 40.0 Å². The van der Waals surface area contributed by atoms with Gasteiger partial charge in [0.15, 0.2) is 0 Å². The van der Waals surface area contributed by atoms with Crippen molar-refractivity contribution in [1.29, 1.82) is 0 Å². The van der Waals surface area contributed by atoms with Crippen LogP contribution in [-0.2, 0) is 16.6 Å². The molecule has 1 saturated heterocycles. The Hall–Kier alpha value is -2.79. The first-order chi connectivity index (χ1) is 17.0. The monoisotopic (exact) mass is 506 g/mol.